The Morgan fingerprint density at radius 3 is 2.87 bits per heavy atom. The molecular weight excluding hydrogens is 188 g/mol. The molecule has 1 aromatic carbocycles. The van der Waals surface area contributed by atoms with Gasteiger partial charge in [-0.1, -0.05) is 30.3 Å². The van der Waals surface area contributed by atoms with Gasteiger partial charge in [-0.05, 0) is 11.6 Å². The second-order valence-electron chi connectivity index (χ2n) is 3.02. The number of carbonyl (C=O) groups is 1. The number of allylic oxidation sites excluding steroid dienone is 1. The number of carbonyl (C=O) groups excluding carboxylic acids is 1. The van der Waals surface area contributed by atoms with Gasteiger partial charge in [0.05, 0.1) is 0 Å². The summed E-state index contributed by atoms with van der Waals surface area (Å²) in [4.78, 5) is 17.5. The highest BCUT2D eigenvalue weighted by molar-refractivity contribution is 5.79. The molecule has 0 aliphatic rings. The van der Waals surface area contributed by atoms with Crippen molar-refractivity contribution in [1.82, 2.24) is 9.97 Å². The molecule has 15 heavy (non-hydrogen) atoms. The van der Waals surface area contributed by atoms with E-state index in [1.165, 1.54) is 6.08 Å². The predicted molar refractivity (Wildman–Crippen MR) is 59.1 cm³/mol. The second kappa shape index (κ2) is 4.37. The molecule has 0 saturated heterocycles. The molecule has 0 radical (unpaired) electrons. The van der Waals surface area contributed by atoms with Crippen LogP contribution in [0.4, 0.5) is 0 Å². The summed E-state index contributed by atoms with van der Waals surface area (Å²) in [5.41, 5.74) is 1.96. The van der Waals surface area contributed by atoms with Crippen LogP contribution in [0.1, 0.15) is 5.56 Å². The molecule has 0 unspecified atom stereocenters. The van der Waals surface area contributed by atoms with E-state index in [1.807, 2.05) is 24.3 Å². The number of nitrogens with one attached hydrogen (secondary N) is 1. The van der Waals surface area contributed by atoms with Crippen molar-refractivity contribution in [3.8, 4) is 11.4 Å². The number of imidazole rings is 1. The van der Waals surface area contributed by atoms with E-state index in [4.69, 9.17) is 0 Å². The van der Waals surface area contributed by atoms with Crippen LogP contribution in [0.2, 0.25) is 0 Å². The molecule has 1 N–H and O–H groups in total. The van der Waals surface area contributed by atoms with Crippen LogP contribution in [-0.2, 0) is 4.79 Å². The Bertz CT molecular complexity index is 472. The molecule has 0 spiro atoms. The average Bonchev–Trinajstić information content (AvgIpc) is 2.80. The molecule has 1 aromatic heterocycles. The van der Waals surface area contributed by atoms with Crippen LogP contribution >= 0.6 is 0 Å². The maximum atomic E-state index is 10.3. The lowest BCUT2D eigenvalue weighted by atomic mass is 10.1. The smallest absolute Gasteiger partial charge is 0.142 e. The van der Waals surface area contributed by atoms with E-state index in [9.17, 15) is 4.79 Å². The summed E-state index contributed by atoms with van der Waals surface area (Å²) in [6.45, 7) is 0. The van der Waals surface area contributed by atoms with Gasteiger partial charge in [-0.15, -0.1) is 0 Å². The Balaban J connectivity index is 2.47. The minimum atomic E-state index is 0.763. The van der Waals surface area contributed by atoms with Gasteiger partial charge < -0.3 is 4.98 Å². The normalized spacial score (nSPS) is 10.7. The summed E-state index contributed by atoms with van der Waals surface area (Å²) in [6, 6.07) is 7.77. The largest absolute Gasteiger partial charge is 0.345 e. The molecule has 0 bridgehead atoms. The van der Waals surface area contributed by atoms with Gasteiger partial charge >= 0.3 is 0 Å². The standard InChI is InChI=1S/C12H10N2O/c15-9-3-5-10-4-1-2-6-11(10)12-13-7-8-14-12/h1-9H,(H,13,14)/b5-3+. The summed E-state index contributed by atoms with van der Waals surface area (Å²) in [5.74, 6) is 0.807. The van der Waals surface area contributed by atoms with Crippen molar-refractivity contribution in [3.05, 3.63) is 48.3 Å². The fourth-order valence-corrected chi connectivity index (χ4v) is 1.41. The lowest BCUT2D eigenvalue weighted by Crippen LogP contribution is -1.84. The van der Waals surface area contributed by atoms with Crippen molar-refractivity contribution in [1.29, 1.82) is 0 Å². The lowest BCUT2D eigenvalue weighted by Gasteiger charge is -2.01. The predicted octanol–water partition coefficient (Wildman–Crippen LogP) is 2.29. The van der Waals surface area contributed by atoms with Crippen molar-refractivity contribution in [2.45, 2.75) is 0 Å². The highest BCUT2D eigenvalue weighted by Crippen LogP contribution is 2.20. The number of aldehydes is 1. The van der Waals surface area contributed by atoms with Crippen LogP contribution in [0.5, 0.6) is 0 Å². The number of aromatic nitrogens is 2. The molecule has 3 nitrogen and oxygen atoms in total. The number of benzene rings is 1. The van der Waals surface area contributed by atoms with Gasteiger partial charge in [0.1, 0.15) is 12.1 Å². The first-order valence-corrected chi connectivity index (χ1v) is 4.62. The van der Waals surface area contributed by atoms with Gasteiger partial charge in [0.15, 0.2) is 0 Å². The van der Waals surface area contributed by atoms with E-state index < -0.39 is 0 Å². The Labute approximate surface area is 87.5 Å². The quantitative estimate of drug-likeness (QED) is 0.607. The maximum Gasteiger partial charge on any atom is 0.142 e. The van der Waals surface area contributed by atoms with Crippen molar-refractivity contribution in [3.63, 3.8) is 0 Å². The zero-order valence-electron chi connectivity index (χ0n) is 8.05. The first-order chi connectivity index (χ1) is 7.42. The van der Waals surface area contributed by atoms with Crippen molar-refractivity contribution >= 4 is 12.4 Å². The zero-order chi connectivity index (χ0) is 10.5. The summed E-state index contributed by atoms with van der Waals surface area (Å²) in [5, 5.41) is 0. The number of hydrogen-bond donors (Lipinski definition) is 1. The summed E-state index contributed by atoms with van der Waals surface area (Å²) >= 11 is 0. The van der Waals surface area contributed by atoms with E-state index in [2.05, 4.69) is 9.97 Å². The monoisotopic (exact) mass is 198 g/mol. The highest BCUT2D eigenvalue weighted by atomic mass is 16.1. The molecule has 0 aliphatic heterocycles. The zero-order valence-corrected chi connectivity index (χ0v) is 8.05. The average molecular weight is 198 g/mol. The molecule has 0 amide bonds. The SMILES string of the molecule is O=C/C=C/c1ccccc1-c1ncc[nH]1. The number of H-pyrrole nitrogens is 1. The Morgan fingerprint density at radius 1 is 1.27 bits per heavy atom. The van der Waals surface area contributed by atoms with Gasteiger partial charge in [-0.25, -0.2) is 4.98 Å². The van der Waals surface area contributed by atoms with E-state index in [-0.39, 0.29) is 0 Å². The molecule has 3 heteroatoms. The fraction of sp³-hybridized carbons (Fsp3) is 0. The van der Waals surface area contributed by atoms with Crippen molar-refractivity contribution in [2.75, 3.05) is 0 Å². The van der Waals surface area contributed by atoms with Crippen LogP contribution in [-0.4, -0.2) is 16.3 Å². The lowest BCUT2D eigenvalue weighted by molar-refractivity contribution is -0.104. The molecule has 0 fully saturated rings. The van der Waals surface area contributed by atoms with Crippen molar-refractivity contribution in [2.24, 2.45) is 0 Å². The first kappa shape index (κ1) is 9.40. The van der Waals surface area contributed by atoms with Crippen LogP contribution in [0, 0.1) is 0 Å². The second-order valence-corrected chi connectivity index (χ2v) is 3.02. The third-order valence-electron chi connectivity index (χ3n) is 2.07. The molecule has 0 aliphatic carbocycles. The van der Waals surface area contributed by atoms with E-state index in [1.54, 1.807) is 18.5 Å². The Morgan fingerprint density at radius 2 is 2.13 bits per heavy atom. The van der Waals surface area contributed by atoms with Gasteiger partial charge in [-0.2, -0.15) is 0 Å². The summed E-state index contributed by atoms with van der Waals surface area (Å²) in [6.07, 6.45) is 7.48. The van der Waals surface area contributed by atoms with Gasteiger partial charge in [0.25, 0.3) is 0 Å². The third kappa shape index (κ3) is 2.02. The number of aromatic amines is 1. The van der Waals surface area contributed by atoms with Crippen molar-refractivity contribution < 1.29 is 4.79 Å². The number of rotatable bonds is 3. The highest BCUT2D eigenvalue weighted by Gasteiger charge is 2.02. The maximum absolute atomic E-state index is 10.3. The van der Waals surface area contributed by atoms with Gasteiger partial charge in [0, 0.05) is 18.0 Å². The fourth-order valence-electron chi connectivity index (χ4n) is 1.41. The number of nitrogens with zero attached hydrogens (tertiary/aromatic N) is 1. The van der Waals surface area contributed by atoms with Gasteiger partial charge in [-0.3, -0.25) is 4.79 Å². The van der Waals surface area contributed by atoms with Crippen LogP contribution in [0.25, 0.3) is 17.5 Å². The third-order valence-corrected chi connectivity index (χ3v) is 2.07. The first-order valence-electron chi connectivity index (χ1n) is 4.62. The molecule has 2 rings (SSSR count). The number of hydrogen-bond acceptors (Lipinski definition) is 2. The Hall–Kier alpha value is -2.16. The van der Waals surface area contributed by atoms with Crippen LogP contribution in [0.15, 0.2) is 42.7 Å². The topological polar surface area (TPSA) is 45.8 Å². The Kier molecular flexibility index (Phi) is 2.74. The minimum absolute atomic E-state index is 0.763. The van der Waals surface area contributed by atoms with E-state index in [0.29, 0.717) is 0 Å². The molecular formula is C12H10N2O. The minimum Gasteiger partial charge on any atom is -0.345 e. The van der Waals surface area contributed by atoms with E-state index in [0.717, 1.165) is 23.2 Å². The van der Waals surface area contributed by atoms with Crippen LogP contribution in [0.3, 0.4) is 0 Å². The molecule has 74 valence electrons. The summed E-state index contributed by atoms with van der Waals surface area (Å²) < 4.78 is 0. The molecule has 0 saturated carbocycles. The molecule has 2 aromatic rings. The van der Waals surface area contributed by atoms with Crippen LogP contribution < -0.4 is 0 Å². The summed E-state index contributed by atoms with van der Waals surface area (Å²) in [7, 11) is 0. The van der Waals surface area contributed by atoms with Gasteiger partial charge in [0.2, 0.25) is 0 Å². The van der Waals surface area contributed by atoms with E-state index >= 15 is 0 Å². The molecule has 1 heterocycles. The molecule has 0 atom stereocenters.